The number of anilines is 2. The van der Waals surface area contributed by atoms with Crippen molar-refractivity contribution in [2.24, 2.45) is 5.11 Å². The van der Waals surface area contributed by atoms with Gasteiger partial charge in [-0.3, -0.25) is 0 Å². The lowest BCUT2D eigenvalue weighted by molar-refractivity contribution is 0.329. The fraction of sp³-hybridized carbons (Fsp3) is 0.600. The molecule has 0 aliphatic carbocycles. The van der Waals surface area contributed by atoms with Crippen molar-refractivity contribution in [1.82, 2.24) is 0 Å². The quantitative estimate of drug-likeness (QED) is 0.459. The molecule has 6 heteroatoms. The van der Waals surface area contributed by atoms with Crippen LogP contribution in [-0.4, -0.2) is 25.5 Å². The fourth-order valence-corrected chi connectivity index (χ4v) is 2.39. The van der Waals surface area contributed by atoms with E-state index in [0.29, 0.717) is 12.1 Å². The maximum absolute atomic E-state index is 8.27. The van der Waals surface area contributed by atoms with E-state index in [1.165, 1.54) is 11.4 Å². The van der Waals surface area contributed by atoms with E-state index < -0.39 is 0 Å². The second kappa shape index (κ2) is 7.09. The summed E-state index contributed by atoms with van der Waals surface area (Å²) in [5.41, 5.74) is 10.7. The van der Waals surface area contributed by atoms with Crippen LogP contribution in [0.3, 0.4) is 0 Å². The highest BCUT2D eigenvalue weighted by molar-refractivity contribution is 5.78. The Kier molecular flexibility index (Phi) is 5.73. The molecule has 1 aromatic carbocycles. The lowest BCUT2D eigenvalue weighted by atomic mass is 10.2. The third-order valence-corrected chi connectivity index (χ3v) is 3.47. The first-order valence-electron chi connectivity index (χ1n) is 6.85. The SMILES string of the molecule is C.CC(C)N1CN(C(C)C)c2cc(OCN=[N+]=[N-])ccc21. The third-order valence-electron chi connectivity index (χ3n) is 3.47. The van der Waals surface area contributed by atoms with Gasteiger partial charge >= 0.3 is 0 Å². The molecule has 1 aliphatic rings. The summed E-state index contributed by atoms with van der Waals surface area (Å²) in [6.07, 6.45) is 0. The van der Waals surface area contributed by atoms with Crippen LogP contribution in [0.5, 0.6) is 5.75 Å². The Labute approximate surface area is 126 Å². The number of nitrogens with zero attached hydrogens (tertiary/aromatic N) is 5. The first kappa shape index (κ1) is 17.0. The lowest BCUT2D eigenvalue weighted by Gasteiger charge is -2.27. The van der Waals surface area contributed by atoms with E-state index in [9.17, 15) is 0 Å². The third kappa shape index (κ3) is 3.52. The number of benzene rings is 1. The molecule has 2 rings (SSSR count). The van der Waals surface area contributed by atoms with E-state index >= 15 is 0 Å². The van der Waals surface area contributed by atoms with Crippen LogP contribution in [0.25, 0.3) is 10.4 Å². The molecule has 0 saturated carbocycles. The number of azide groups is 1. The van der Waals surface area contributed by atoms with Crippen LogP contribution < -0.4 is 14.5 Å². The summed E-state index contributed by atoms with van der Waals surface area (Å²) in [7, 11) is 0. The van der Waals surface area contributed by atoms with Crippen molar-refractivity contribution in [3.8, 4) is 5.75 Å². The highest BCUT2D eigenvalue weighted by Gasteiger charge is 2.29. The summed E-state index contributed by atoms with van der Waals surface area (Å²) >= 11 is 0. The number of hydrogen-bond acceptors (Lipinski definition) is 4. The molecule has 0 N–H and O–H groups in total. The minimum Gasteiger partial charge on any atom is -0.487 e. The highest BCUT2D eigenvalue weighted by atomic mass is 16.5. The summed E-state index contributed by atoms with van der Waals surface area (Å²) in [5.74, 6) is 0.729. The van der Waals surface area contributed by atoms with Crippen LogP contribution in [0.2, 0.25) is 0 Å². The Morgan fingerprint density at radius 2 is 1.81 bits per heavy atom. The van der Waals surface area contributed by atoms with Gasteiger partial charge in [0.05, 0.1) is 18.0 Å². The summed E-state index contributed by atoms with van der Waals surface area (Å²) in [4.78, 5) is 7.39. The van der Waals surface area contributed by atoms with Crippen molar-refractivity contribution >= 4 is 11.4 Å². The number of ether oxygens (including phenoxy) is 1. The smallest absolute Gasteiger partial charge is 0.167 e. The van der Waals surface area contributed by atoms with Crippen molar-refractivity contribution in [3.63, 3.8) is 0 Å². The monoisotopic (exact) mass is 291 g/mol. The second-order valence-corrected chi connectivity index (χ2v) is 5.42. The van der Waals surface area contributed by atoms with Crippen molar-refractivity contribution < 1.29 is 4.74 Å². The van der Waals surface area contributed by atoms with Crippen molar-refractivity contribution in [3.05, 3.63) is 28.6 Å². The Hall–Kier alpha value is -2.07. The topological polar surface area (TPSA) is 64.5 Å². The van der Waals surface area contributed by atoms with Gasteiger partial charge in [0.2, 0.25) is 0 Å². The molecule has 6 nitrogen and oxygen atoms in total. The van der Waals surface area contributed by atoms with Gasteiger partial charge in [-0.2, -0.15) is 0 Å². The standard InChI is InChI=1S/C14H21N5O.CH4/c1-10(2)18-9-19(11(3)4)14-7-12(5-6-13(14)18)20-8-16-17-15;/h5-7,10-11H,8-9H2,1-4H3;1H4. The molecule has 1 aromatic rings. The maximum atomic E-state index is 8.27. The maximum Gasteiger partial charge on any atom is 0.167 e. The van der Waals surface area contributed by atoms with E-state index in [0.717, 1.165) is 12.4 Å². The number of fused-ring (bicyclic) bond motifs is 1. The zero-order valence-electron chi connectivity index (χ0n) is 12.4. The Bertz CT molecular complexity index is 523. The molecule has 21 heavy (non-hydrogen) atoms. The van der Waals surface area contributed by atoms with E-state index in [2.05, 4.69) is 53.6 Å². The average molecular weight is 291 g/mol. The average Bonchev–Trinajstić information content (AvgIpc) is 2.78. The Morgan fingerprint density at radius 3 is 2.38 bits per heavy atom. The zero-order chi connectivity index (χ0) is 14.7. The molecule has 1 heterocycles. The van der Waals surface area contributed by atoms with E-state index in [1.54, 1.807) is 0 Å². The highest BCUT2D eigenvalue weighted by Crippen LogP contribution is 2.40. The van der Waals surface area contributed by atoms with Crippen LogP contribution in [0.1, 0.15) is 35.1 Å². The summed E-state index contributed by atoms with van der Waals surface area (Å²) < 4.78 is 5.43. The van der Waals surface area contributed by atoms with Gasteiger partial charge in [-0.05, 0) is 45.4 Å². The molecular formula is C15H25N5O. The van der Waals surface area contributed by atoms with Crippen LogP contribution >= 0.6 is 0 Å². The molecule has 0 bridgehead atoms. The first-order chi connectivity index (χ1) is 9.54. The van der Waals surface area contributed by atoms with Crippen LogP contribution in [0.4, 0.5) is 11.4 Å². The summed E-state index contributed by atoms with van der Waals surface area (Å²) in [5, 5.41) is 3.39. The van der Waals surface area contributed by atoms with Gasteiger partial charge in [-0.25, -0.2) is 0 Å². The van der Waals surface area contributed by atoms with Gasteiger partial charge in [-0.15, -0.1) is 0 Å². The van der Waals surface area contributed by atoms with Crippen LogP contribution in [0.15, 0.2) is 23.3 Å². The fourth-order valence-electron chi connectivity index (χ4n) is 2.39. The Balaban J connectivity index is 0.00000220. The van der Waals surface area contributed by atoms with Gasteiger partial charge in [0.15, 0.2) is 6.73 Å². The second-order valence-electron chi connectivity index (χ2n) is 5.42. The summed E-state index contributed by atoms with van der Waals surface area (Å²) in [6, 6.07) is 6.89. The number of hydrogen-bond donors (Lipinski definition) is 0. The molecule has 0 spiro atoms. The van der Waals surface area contributed by atoms with E-state index in [-0.39, 0.29) is 14.2 Å². The Morgan fingerprint density at radius 1 is 1.19 bits per heavy atom. The molecule has 0 aromatic heterocycles. The molecule has 1 aliphatic heterocycles. The zero-order valence-corrected chi connectivity index (χ0v) is 12.4. The number of rotatable bonds is 5. The van der Waals surface area contributed by atoms with Crippen molar-refractivity contribution in [2.45, 2.75) is 47.2 Å². The van der Waals surface area contributed by atoms with Crippen molar-refractivity contribution in [2.75, 3.05) is 23.2 Å². The van der Waals surface area contributed by atoms with Gasteiger partial charge in [0, 0.05) is 23.1 Å². The van der Waals surface area contributed by atoms with Gasteiger partial charge in [0.25, 0.3) is 0 Å². The van der Waals surface area contributed by atoms with E-state index in [1.807, 2.05) is 12.1 Å². The summed E-state index contributed by atoms with van der Waals surface area (Å²) in [6.45, 7) is 9.66. The molecule has 0 atom stereocenters. The molecular weight excluding hydrogens is 266 g/mol. The molecule has 0 amide bonds. The minimum absolute atomic E-state index is 0. The molecule has 116 valence electrons. The molecule has 0 saturated heterocycles. The predicted octanol–water partition coefficient (Wildman–Crippen LogP) is 4.37. The van der Waals surface area contributed by atoms with Crippen molar-refractivity contribution in [1.29, 1.82) is 0 Å². The lowest BCUT2D eigenvalue weighted by Crippen LogP contribution is -2.38. The minimum atomic E-state index is 0. The van der Waals surface area contributed by atoms with Crippen LogP contribution in [0, 0.1) is 0 Å². The van der Waals surface area contributed by atoms with Gasteiger partial charge < -0.3 is 14.5 Å². The van der Waals surface area contributed by atoms with E-state index in [4.69, 9.17) is 10.3 Å². The van der Waals surface area contributed by atoms with Crippen LogP contribution in [-0.2, 0) is 0 Å². The molecule has 0 radical (unpaired) electrons. The van der Waals surface area contributed by atoms with Gasteiger partial charge in [0.1, 0.15) is 5.75 Å². The largest absolute Gasteiger partial charge is 0.487 e. The predicted molar refractivity (Wildman–Crippen MR) is 87.9 cm³/mol. The van der Waals surface area contributed by atoms with Gasteiger partial charge in [-0.1, -0.05) is 12.5 Å². The molecule has 0 unspecified atom stereocenters. The molecule has 0 fully saturated rings. The first-order valence-corrected chi connectivity index (χ1v) is 6.85. The normalized spacial score (nSPS) is 13.0.